The third-order valence-electron chi connectivity index (χ3n) is 5.56. The largest absolute Gasteiger partial charge is 0.493 e. The fourth-order valence-corrected chi connectivity index (χ4v) is 5.01. The molecule has 3 aromatic rings. The van der Waals surface area contributed by atoms with Crippen molar-refractivity contribution in [3.63, 3.8) is 0 Å². The van der Waals surface area contributed by atoms with Gasteiger partial charge in [-0.05, 0) is 68.8 Å². The molecular weight excluding hydrogens is 496 g/mol. The number of amides is 1. The molecule has 0 aliphatic carbocycles. The van der Waals surface area contributed by atoms with Crippen LogP contribution in [0, 0.1) is 13.8 Å². The third-order valence-corrected chi connectivity index (χ3v) is 7.35. The summed E-state index contributed by atoms with van der Waals surface area (Å²) in [5.74, 6) is -0.305. The zero-order chi connectivity index (χ0) is 27.2. The Morgan fingerprint density at radius 2 is 1.57 bits per heavy atom. The molecule has 3 rings (SSSR count). The van der Waals surface area contributed by atoms with Gasteiger partial charge in [-0.15, -0.1) is 0 Å². The lowest BCUT2D eigenvalue weighted by molar-refractivity contribution is -0.114. The van der Waals surface area contributed by atoms with Crippen molar-refractivity contribution in [1.29, 1.82) is 0 Å². The molecule has 3 aromatic carbocycles. The summed E-state index contributed by atoms with van der Waals surface area (Å²) in [6.45, 7) is 5.04. The van der Waals surface area contributed by atoms with E-state index in [0.29, 0.717) is 28.3 Å². The number of anilines is 2. The number of carbonyl (C=O) groups is 2. The Balaban J connectivity index is 1.95. The van der Waals surface area contributed by atoms with Gasteiger partial charge < -0.3 is 19.5 Å². The Morgan fingerprint density at radius 3 is 2.16 bits per heavy atom. The maximum absolute atomic E-state index is 13.7. The highest BCUT2D eigenvalue weighted by molar-refractivity contribution is 7.92. The quantitative estimate of drug-likeness (QED) is 0.392. The van der Waals surface area contributed by atoms with E-state index in [1.54, 1.807) is 50.2 Å². The summed E-state index contributed by atoms with van der Waals surface area (Å²) >= 11 is 0. The maximum Gasteiger partial charge on any atom is 0.338 e. The minimum Gasteiger partial charge on any atom is -0.493 e. The summed E-state index contributed by atoms with van der Waals surface area (Å²) in [4.78, 5) is 25.1. The van der Waals surface area contributed by atoms with Crippen molar-refractivity contribution in [1.82, 2.24) is 0 Å². The lowest BCUT2D eigenvalue weighted by Gasteiger charge is -2.25. The van der Waals surface area contributed by atoms with Gasteiger partial charge in [-0.1, -0.05) is 17.7 Å². The van der Waals surface area contributed by atoms with Crippen molar-refractivity contribution in [2.24, 2.45) is 0 Å². The van der Waals surface area contributed by atoms with Gasteiger partial charge in [0.15, 0.2) is 11.5 Å². The number of nitrogens with one attached hydrogen (secondary N) is 1. The van der Waals surface area contributed by atoms with Crippen LogP contribution >= 0.6 is 0 Å². The topological polar surface area (TPSA) is 111 Å². The average Bonchev–Trinajstić information content (AvgIpc) is 2.88. The fraction of sp³-hybridized carbons (Fsp3) is 0.259. The van der Waals surface area contributed by atoms with Crippen LogP contribution in [0.3, 0.4) is 0 Å². The van der Waals surface area contributed by atoms with Crippen molar-refractivity contribution >= 4 is 33.3 Å². The summed E-state index contributed by atoms with van der Waals surface area (Å²) in [7, 11) is -1.21. The molecule has 9 nitrogen and oxygen atoms in total. The van der Waals surface area contributed by atoms with Gasteiger partial charge in [0.1, 0.15) is 6.54 Å². The summed E-state index contributed by atoms with van der Waals surface area (Å²) in [5, 5.41) is 2.74. The number of aryl methyl sites for hydroxylation is 2. The van der Waals surface area contributed by atoms with Crippen LogP contribution in [-0.2, 0) is 19.6 Å². The Morgan fingerprint density at radius 1 is 0.892 bits per heavy atom. The van der Waals surface area contributed by atoms with Crippen molar-refractivity contribution in [2.45, 2.75) is 25.7 Å². The highest BCUT2D eigenvalue weighted by Gasteiger charge is 2.28. The lowest BCUT2D eigenvalue weighted by atomic mass is 10.1. The van der Waals surface area contributed by atoms with Gasteiger partial charge in [-0.25, -0.2) is 13.2 Å². The Labute approximate surface area is 217 Å². The number of hydrogen-bond donors (Lipinski definition) is 1. The first-order chi connectivity index (χ1) is 17.6. The van der Waals surface area contributed by atoms with Crippen LogP contribution in [0.1, 0.15) is 28.4 Å². The number of methoxy groups -OCH3 is 2. The second-order valence-electron chi connectivity index (χ2n) is 8.16. The van der Waals surface area contributed by atoms with Crippen LogP contribution in [0.25, 0.3) is 0 Å². The molecule has 0 unspecified atom stereocenters. The summed E-state index contributed by atoms with van der Waals surface area (Å²) < 4.78 is 43.9. The van der Waals surface area contributed by atoms with Crippen LogP contribution in [0.15, 0.2) is 65.6 Å². The number of ether oxygens (including phenoxy) is 3. The molecule has 0 saturated heterocycles. The number of nitrogens with zero attached hydrogens (tertiary/aromatic N) is 1. The van der Waals surface area contributed by atoms with Crippen molar-refractivity contribution in [3.8, 4) is 11.5 Å². The van der Waals surface area contributed by atoms with E-state index in [0.717, 1.165) is 9.87 Å². The first-order valence-corrected chi connectivity index (χ1v) is 12.9. The van der Waals surface area contributed by atoms with E-state index in [4.69, 9.17) is 14.2 Å². The Hall–Kier alpha value is -4.05. The van der Waals surface area contributed by atoms with Gasteiger partial charge in [-0.2, -0.15) is 0 Å². The molecule has 10 heteroatoms. The zero-order valence-electron chi connectivity index (χ0n) is 21.4. The SMILES string of the molecule is CCOC(=O)c1ccc(NC(=O)CN(c2ccc(OC)c(OC)c2)S(=O)(=O)c2ccc(C)cc2)c(C)c1. The number of esters is 1. The first kappa shape index (κ1) is 27.5. The predicted octanol–water partition coefficient (Wildman–Crippen LogP) is 4.33. The van der Waals surface area contributed by atoms with E-state index >= 15 is 0 Å². The van der Waals surface area contributed by atoms with Crippen molar-refractivity contribution < 1.29 is 32.2 Å². The van der Waals surface area contributed by atoms with Gasteiger partial charge in [0.2, 0.25) is 5.91 Å². The smallest absolute Gasteiger partial charge is 0.338 e. The predicted molar refractivity (Wildman–Crippen MR) is 141 cm³/mol. The van der Waals surface area contributed by atoms with Crippen LogP contribution in [0.5, 0.6) is 11.5 Å². The van der Waals surface area contributed by atoms with Crippen LogP contribution in [-0.4, -0.2) is 47.7 Å². The highest BCUT2D eigenvalue weighted by Crippen LogP contribution is 2.34. The van der Waals surface area contributed by atoms with Gasteiger partial charge in [0.05, 0.1) is 37.0 Å². The highest BCUT2D eigenvalue weighted by atomic mass is 32.2. The van der Waals surface area contributed by atoms with E-state index in [9.17, 15) is 18.0 Å². The number of carbonyl (C=O) groups excluding carboxylic acids is 2. The number of rotatable bonds is 10. The standard InChI is InChI=1S/C27H30N2O7S/c1-6-36-27(31)20-9-13-23(19(3)15-20)28-26(30)17-29(21-10-14-24(34-4)25(16-21)35-5)37(32,33)22-11-7-18(2)8-12-22/h7-16H,6,17H2,1-5H3,(H,28,30). The normalized spacial score (nSPS) is 10.9. The summed E-state index contributed by atoms with van der Waals surface area (Å²) in [6.07, 6.45) is 0. The molecule has 0 bridgehead atoms. The Bertz CT molecular complexity index is 1390. The van der Waals surface area contributed by atoms with Crippen LogP contribution in [0.2, 0.25) is 0 Å². The summed E-state index contributed by atoms with van der Waals surface area (Å²) in [5.41, 5.74) is 2.54. The molecule has 0 aliphatic rings. The molecule has 0 heterocycles. The molecule has 0 saturated carbocycles. The van der Waals surface area contributed by atoms with E-state index in [-0.39, 0.29) is 17.2 Å². The second-order valence-corrected chi connectivity index (χ2v) is 10.0. The van der Waals surface area contributed by atoms with Gasteiger partial charge in [0, 0.05) is 11.8 Å². The number of sulfonamides is 1. The molecule has 196 valence electrons. The molecule has 0 atom stereocenters. The van der Waals surface area contributed by atoms with Crippen molar-refractivity contribution in [2.75, 3.05) is 37.0 Å². The van der Waals surface area contributed by atoms with Crippen molar-refractivity contribution in [3.05, 3.63) is 77.4 Å². The summed E-state index contributed by atoms with van der Waals surface area (Å²) in [6, 6.07) is 15.7. The zero-order valence-corrected chi connectivity index (χ0v) is 22.2. The minimum absolute atomic E-state index is 0.0376. The molecule has 0 fully saturated rings. The molecular formula is C27H30N2O7S. The van der Waals surface area contributed by atoms with E-state index in [1.165, 1.54) is 38.5 Å². The number of benzene rings is 3. The molecule has 0 aromatic heterocycles. The maximum atomic E-state index is 13.7. The molecule has 37 heavy (non-hydrogen) atoms. The average molecular weight is 527 g/mol. The van der Waals surface area contributed by atoms with E-state index < -0.39 is 28.4 Å². The molecule has 0 radical (unpaired) electrons. The van der Waals surface area contributed by atoms with Gasteiger partial charge in [0.25, 0.3) is 10.0 Å². The Kier molecular flexibility index (Phi) is 8.77. The lowest BCUT2D eigenvalue weighted by Crippen LogP contribution is -2.38. The molecule has 1 amide bonds. The van der Waals surface area contributed by atoms with Crippen LogP contribution in [0.4, 0.5) is 11.4 Å². The fourth-order valence-electron chi connectivity index (χ4n) is 3.60. The molecule has 1 N–H and O–H groups in total. The van der Waals surface area contributed by atoms with Crippen LogP contribution < -0.4 is 19.1 Å². The molecule has 0 aliphatic heterocycles. The second kappa shape index (κ2) is 11.8. The number of hydrogen-bond acceptors (Lipinski definition) is 7. The third kappa shape index (κ3) is 6.39. The van der Waals surface area contributed by atoms with E-state index in [2.05, 4.69) is 5.32 Å². The minimum atomic E-state index is -4.12. The van der Waals surface area contributed by atoms with E-state index in [1.807, 2.05) is 6.92 Å². The van der Waals surface area contributed by atoms with Gasteiger partial charge in [-0.3, -0.25) is 9.10 Å². The monoisotopic (exact) mass is 526 g/mol. The first-order valence-electron chi connectivity index (χ1n) is 11.5. The van der Waals surface area contributed by atoms with Gasteiger partial charge >= 0.3 is 5.97 Å². The molecule has 0 spiro atoms.